The highest BCUT2D eigenvalue weighted by Gasteiger charge is 2.20. The van der Waals surface area contributed by atoms with Gasteiger partial charge >= 0.3 is 12.0 Å². The minimum atomic E-state index is -1.39. The zero-order chi connectivity index (χ0) is 15.2. The molecule has 2 N–H and O–H groups in total. The molecule has 0 saturated carbocycles. The number of anilines is 1. The molecule has 0 aliphatic carbocycles. The van der Waals surface area contributed by atoms with Crippen molar-refractivity contribution in [1.29, 1.82) is 0 Å². The SMILES string of the molecule is O=C(O)c1c(F)cccc1NC(=O)N1CCCCCCC1. The Hall–Kier alpha value is -2.11. The summed E-state index contributed by atoms with van der Waals surface area (Å²) in [6.45, 7) is 1.28. The monoisotopic (exact) mass is 294 g/mol. The lowest BCUT2D eigenvalue weighted by Crippen LogP contribution is -2.37. The maximum absolute atomic E-state index is 13.6. The van der Waals surface area contributed by atoms with Crippen molar-refractivity contribution in [3.8, 4) is 0 Å². The molecule has 0 radical (unpaired) electrons. The van der Waals surface area contributed by atoms with Crippen molar-refractivity contribution in [2.75, 3.05) is 18.4 Å². The third kappa shape index (κ3) is 3.93. The van der Waals surface area contributed by atoms with Crippen LogP contribution < -0.4 is 5.32 Å². The molecule has 0 spiro atoms. The Kier molecular flexibility index (Phi) is 5.14. The number of halogens is 1. The summed E-state index contributed by atoms with van der Waals surface area (Å²) in [6, 6.07) is 3.47. The van der Waals surface area contributed by atoms with Gasteiger partial charge < -0.3 is 15.3 Å². The average Bonchev–Trinajstić information content (AvgIpc) is 2.37. The van der Waals surface area contributed by atoms with Gasteiger partial charge in [0, 0.05) is 13.1 Å². The van der Waals surface area contributed by atoms with E-state index in [1.165, 1.54) is 18.6 Å². The van der Waals surface area contributed by atoms with Crippen LogP contribution >= 0.6 is 0 Å². The normalized spacial score (nSPS) is 16.0. The number of carbonyl (C=O) groups is 2. The van der Waals surface area contributed by atoms with Gasteiger partial charge in [0.2, 0.25) is 0 Å². The van der Waals surface area contributed by atoms with E-state index < -0.39 is 17.3 Å². The first-order chi connectivity index (χ1) is 10.1. The molecule has 0 unspecified atom stereocenters. The van der Waals surface area contributed by atoms with Crippen LogP contribution in [0.4, 0.5) is 14.9 Å². The van der Waals surface area contributed by atoms with Gasteiger partial charge in [0.15, 0.2) is 0 Å². The number of carboxylic acid groups (broad SMARTS) is 1. The van der Waals surface area contributed by atoms with E-state index in [0.717, 1.165) is 31.7 Å². The molecule has 2 rings (SSSR count). The van der Waals surface area contributed by atoms with Crippen LogP contribution in [0.3, 0.4) is 0 Å². The molecule has 21 heavy (non-hydrogen) atoms. The number of hydrogen-bond acceptors (Lipinski definition) is 2. The molecule has 1 fully saturated rings. The molecule has 0 bridgehead atoms. The van der Waals surface area contributed by atoms with Gasteiger partial charge in [-0.15, -0.1) is 0 Å². The Morgan fingerprint density at radius 1 is 1.10 bits per heavy atom. The van der Waals surface area contributed by atoms with Crippen LogP contribution in [0.15, 0.2) is 18.2 Å². The lowest BCUT2D eigenvalue weighted by molar-refractivity contribution is 0.0693. The quantitative estimate of drug-likeness (QED) is 0.879. The third-order valence-electron chi connectivity index (χ3n) is 3.61. The summed E-state index contributed by atoms with van der Waals surface area (Å²) >= 11 is 0. The van der Waals surface area contributed by atoms with E-state index in [1.54, 1.807) is 4.90 Å². The number of benzene rings is 1. The molecular weight excluding hydrogens is 275 g/mol. The van der Waals surface area contributed by atoms with Crippen molar-refractivity contribution in [3.63, 3.8) is 0 Å². The standard InChI is InChI=1S/C15H19FN2O3/c16-11-7-6-8-12(13(11)14(19)20)17-15(21)18-9-4-2-1-3-5-10-18/h6-8H,1-5,9-10H2,(H,17,21)(H,19,20). The lowest BCUT2D eigenvalue weighted by Gasteiger charge is -2.25. The van der Waals surface area contributed by atoms with E-state index >= 15 is 0 Å². The number of nitrogens with one attached hydrogen (secondary N) is 1. The fourth-order valence-electron chi connectivity index (χ4n) is 2.49. The molecule has 1 heterocycles. The number of rotatable bonds is 2. The van der Waals surface area contributed by atoms with Crippen molar-refractivity contribution >= 4 is 17.7 Å². The smallest absolute Gasteiger partial charge is 0.340 e. The highest BCUT2D eigenvalue weighted by Crippen LogP contribution is 2.20. The molecule has 114 valence electrons. The predicted octanol–water partition coefficient (Wildman–Crippen LogP) is 3.32. The number of carbonyl (C=O) groups excluding carboxylic acids is 1. The van der Waals surface area contributed by atoms with Gasteiger partial charge in [-0.25, -0.2) is 14.0 Å². The number of nitrogens with zero attached hydrogens (tertiary/aromatic N) is 1. The van der Waals surface area contributed by atoms with Crippen molar-refractivity contribution in [2.24, 2.45) is 0 Å². The van der Waals surface area contributed by atoms with E-state index in [9.17, 15) is 14.0 Å². The Labute approximate surface area is 122 Å². The second-order valence-electron chi connectivity index (χ2n) is 5.15. The molecule has 6 heteroatoms. The number of amides is 2. The zero-order valence-corrected chi connectivity index (χ0v) is 11.8. The van der Waals surface area contributed by atoms with Crippen LogP contribution in [0.5, 0.6) is 0 Å². The predicted molar refractivity (Wildman–Crippen MR) is 77.0 cm³/mol. The van der Waals surface area contributed by atoms with Crippen molar-refractivity contribution in [3.05, 3.63) is 29.6 Å². The van der Waals surface area contributed by atoms with Crippen molar-refractivity contribution in [2.45, 2.75) is 32.1 Å². The van der Waals surface area contributed by atoms with Crippen LogP contribution in [0.25, 0.3) is 0 Å². The first kappa shape index (κ1) is 15.3. The van der Waals surface area contributed by atoms with Crippen molar-refractivity contribution in [1.82, 2.24) is 4.90 Å². The minimum absolute atomic E-state index is 0.00504. The fraction of sp³-hybridized carbons (Fsp3) is 0.467. The molecule has 1 aromatic rings. The maximum Gasteiger partial charge on any atom is 0.340 e. The molecule has 2 amide bonds. The van der Waals surface area contributed by atoms with Crippen molar-refractivity contribution < 1.29 is 19.1 Å². The van der Waals surface area contributed by atoms with Crippen LogP contribution in [0.2, 0.25) is 0 Å². The number of likely N-dealkylation sites (tertiary alicyclic amines) is 1. The molecule has 0 atom stereocenters. The Balaban J connectivity index is 2.11. The summed E-state index contributed by atoms with van der Waals surface area (Å²) in [5, 5.41) is 11.6. The minimum Gasteiger partial charge on any atom is -0.478 e. The molecular formula is C15H19FN2O3. The first-order valence-corrected chi connectivity index (χ1v) is 7.17. The van der Waals surface area contributed by atoms with E-state index in [2.05, 4.69) is 5.32 Å². The molecule has 0 aromatic heterocycles. The summed E-state index contributed by atoms with van der Waals surface area (Å²) in [5.41, 5.74) is -0.507. The largest absolute Gasteiger partial charge is 0.478 e. The number of urea groups is 1. The van der Waals surface area contributed by atoms with Crippen LogP contribution in [0.1, 0.15) is 42.5 Å². The summed E-state index contributed by atoms with van der Waals surface area (Å²) in [6.07, 6.45) is 5.22. The summed E-state index contributed by atoms with van der Waals surface area (Å²) in [7, 11) is 0. The molecule has 1 aliphatic rings. The van der Waals surface area contributed by atoms with Gasteiger partial charge in [-0.3, -0.25) is 0 Å². The van der Waals surface area contributed by atoms with Gasteiger partial charge in [-0.2, -0.15) is 0 Å². The highest BCUT2D eigenvalue weighted by atomic mass is 19.1. The molecule has 1 saturated heterocycles. The number of hydrogen-bond donors (Lipinski definition) is 2. The second kappa shape index (κ2) is 7.06. The molecule has 1 aromatic carbocycles. The Bertz CT molecular complexity index is 526. The Morgan fingerprint density at radius 2 is 1.71 bits per heavy atom. The van der Waals surface area contributed by atoms with Crippen LogP contribution in [-0.2, 0) is 0 Å². The number of carboxylic acids is 1. The van der Waals surface area contributed by atoms with Crippen LogP contribution in [0, 0.1) is 5.82 Å². The topological polar surface area (TPSA) is 69.6 Å². The first-order valence-electron chi connectivity index (χ1n) is 7.17. The van der Waals surface area contributed by atoms with E-state index in [-0.39, 0.29) is 11.7 Å². The second-order valence-corrected chi connectivity index (χ2v) is 5.15. The van der Waals surface area contributed by atoms with Gasteiger partial charge in [0.1, 0.15) is 11.4 Å². The average molecular weight is 294 g/mol. The van der Waals surface area contributed by atoms with Gasteiger partial charge in [-0.05, 0) is 25.0 Å². The van der Waals surface area contributed by atoms with Crippen LogP contribution in [-0.4, -0.2) is 35.1 Å². The summed E-state index contributed by atoms with van der Waals surface area (Å²) < 4.78 is 13.6. The number of aromatic carboxylic acids is 1. The zero-order valence-electron chi connectivity index (χ0n) is 11.8. The maximum atomic E-state index is 13.6. The van der Waals surface area contributed by atoms with E-state index in [4.69, 9.17) is 5.11 Å². The summed E-state index contributed by atoms with van der Waals surface area (Å²) in [4.78, 5) is 25.0. The van der Waals surface area contributed by atoms with Gasteiger partial charge in [0.25, 0.3) is 0 Å². The van der Waals surface area contributed by atoms with E-state index in [0.29, 0.717) is 13.1 Å². The van der Waals surface area contributed by atoms with Gasteiger partial charge in [0.05, 0.1) is 5.69 Å². The molecule has 1 aliphatic heterocycles. The van der Waals surface area contributed by atoms with Gasteiger partial charge in [-0.1, -0.05) is 25.3 Å². The Morgan fingerprint density at radius 3 is 2.33 bits per heavy atom. The summed E-state index contributed by atoms with van der Waals surface area (Å²) in [5.74, 6) is -2.25. The highest BCUT2D eigenvalue weighted by molar-refractivity contribution is 6.00. The fourth-order valence-corrected chi connectivity index (χ4v) is 2.49. The molecule has 5 nitrogen and oxygen atoms in total. The third-order valence-corrected chi connectivity index (χ3v) is 3.61. The van der Waals surface area contributed by atoms with E-state index in [1.807, 2.05) is 0 Å². The lowest BCUT2D eigenvalue weighted by atomic mass is 10.1.